The monoisotopic (exact) mass is 298 g/mol. The zero-order valence-electron chi connectivity index (χ0n) is 13.0. The Hall–Kier alpha value is -0.610. The second-order valence-corrected chi connectivity index (χ2v) is 7.39. The molecule has 1 atom stereocenters. The van der Waals surface area contributed by atoms with Crippen LogP contribution in [0, 0.1) is 10.8 Å². The lowest BCUT2D eigenvalue weighted by Gasteiger charge is -2.14. The maximum atomic E-state index is 11.0. The molecule has 0 aromatic carbocycles. The average Bonchev–Trinajstić information content (AvgIpc) is 3.34. The van der Waals surface area contributed by atoms with Crippen LogP contribution in [-0.4, -0.2) is 34.0 Å². The molecular formula is C17H30O4. The highest BCUT2D eigenvalue weighted by atomic mass is 16.4. The van der Waals surface area contributed by atoms with E-state index in [0.717, 1.165) is 77.0 Å². The predicted molar refractivity (Wildman–Crippen MR) is 81.0 cm³/mol. The quantitative estimate of drug-likeness (QED) is 0.484. The van der Waals surface area contributed by atoms with Gasteiger partial charge in [0.2, 0.25) is 0 Å². The van der Waals surface area contributed by atoms with E-state index in [0.29, 0.717) is 6.61 Å². The largest absolute Gasteiger partial charge is 0.481 e. The van der Waals surface area contributed by atoms with E-state index in [4.69, 9.17) is 5.11 Å². The fourth-order valence-electron chi connectivity index (χ4n) is 3.26. The van der Waals surface area contributed by atoms with Crippen LogP contribution in [0.25, 0.3) is 0 Å². The standard InChI is InChI=1S/C17H30O4/c18-13-16(9-10-16)7-4-6-14(19)5-2-1-3-8-17(11-12-17)15(20)21/h14,18-19H,1-13H2,(H,20,21). The highest BCUT2D eigenvalue weighted by Crippen LogP contribution is 2.50. The van der Waals surface area contributed by atoms with Gasteiger partial charge >= 0.3 is 5.97 Å². The topological polar surface area (TPSA) is 77.8 Å². The van der Waals surface area contributed by atoms with Gasteiger partial charge in [-0.25, -0.2) is 0 Å². The molecule has 0 aromatic heterocycles. The molecule has 0 amide bonds. The Morgan fingerprint density at radius 3 is 2.14 bits per heavy atom. The molecule has 2 rings (SSSR count). The van der Waals surface area contributed by atoms with Gasteiger partial charge in [0, 0.05) is 6.61 Å². The number of hydrogen-bond donors (Lipinski definition) is 3. The Balaban J connectivity index is 1.44. The van der Waals surface area contributed by atoms with Crippen LogP contribution in [0.4, 0.5) is 0 Å². The first-order chi connectivity index (χ1) is 10.0. The van der Waals surface area contributed by atoms with Crippen molar-refractivity contribution < 1.29 is 20.1 Å². The average molecular weight is 298 g/mol. The van der Waals surface area contributed by atoms with E-state index in [2.05, 4.69) is 0 Å². The molecule has 0 bridgehead atoms. The van der Waals surface area contributed by atoms with E-state index in [9.17, 15) is 15.0 Å². The third-order valence-electron chi connectivity index (χ3n) is 5.54. The summed E-state index contributed by atoms with van der Waals surface area (Å²) in [5.41, 5.74) is -0.184. The summed E-state index contributed by atoms with van der Waals surface area (Å²) in [7, 11) is 0. The summed E-state index contributed by atoms with van der Waals surface area (Å²) >= 11 is 0. The van der Waals surface area contributed by atoms with Crippen LogP contribution < -0.4 is 0 Å². The first-order valence-corrected chi connectivity index (χ1v) is 8.54. The van der Waals surface area contributed by atoms with Crippen molar-refractivity contribution in [3.63, 3.8) is 0 Å². The van der Waals surface area contributed by atoms with Crippen molar-refractivity contribution in [3.05, 3.63) is 0 Å². The summed E-state index contributed by atoms with van der Waals surface area (Å²) in [6.45, 7) is 0.300. The third-order valence-corrected chi connectivity index (χ3v) is 5.54. The molecule has 2 saturated carbocycles. The van der Waals surface area contributed by atoms with Crippen LogP contribution in [0.3, 0.4) is 0 Å². The molecule has 0 radical (unpaired) electrons. The number of carboxylic acid groups (broad SMARTS) is 1. The molecule has 122 valence electrons. The first kappa shape index (κ1) is 16.8. The molecule has 2 aliphatic rings. The molecule has 2 aliphatic carbocycles. The molecule has 0 aromatic rings. The summed E-state index contributed by atoms with van der Waals surface area (Å²) < 4.78 is 0. The molecule has 0 aliphatic heterocycles. The van der Waals surface area contributed by atoms with Crippen molar-refractivity contribution in [3.8, 4) is 0 Å². The van der Waals surface area contributed by atoms with E-state index in [1.54, 1.807) is 0 Å². The van der Waals surface area contributed by atoms with Crippen LogP contribution in [0.1, 0.15) is 77.0 Å². The number of hydrogen-bond acceptors (Lipinski definition) is 3. The van der Waals surface area contributed by atoms with Gasteiger partial charge in [-0.3, -0.25) is 4.79 Å². The highest BCUT2D eigenvalue weighted by molar-refractivity contribution is 5.77. The third kappa shape index (κ3) is 4.96. The van der Waals surface area contributed by atoms with Gasteiger partial charge < -0.3 is 15.3 Å². The maximum Gasteiger partial charge on any atom is 0.309 e. The number of carboxylic acids is 1. The Kier molecular flexibility index (Phi) is 5.67. The normalized spacial score (nSPS) is 22.8. The van der Waals surface area contributed by atoms with Gasteiger partial charge in [-0.2, -0.15) is 0 Å². The number of unbranched alkanes of at least 4 members (excludes halogenated alkanes) is 2. The van der Waals surface area contributed by atoms with Gasteiger partial charge in [-0.15, -0.1) is 0 Å². The second kappa shape index (κ2) is 7.10. The smallest absolute Gasteiger partial charge is 0.309 e. The molecule has 0 heterocycles. The second-order valence-electron chi connectivity index (χ2n) is 7.39. The first-order valence-electron chi connectivity index (χ1n) is 8.54. The SMILES string of the molecule is O=C(O)C1(CCCCCC(O)CCCC2(CO)CC2)CC1. The molecule has 4 nitrogen and oxygen atoms in total. The summed E-state index contributed by atoms with van der Waals surface area (Å²) in [6, 6.07) is 0. The Morgan fingerprint density at radius 1 is 0.952 bits per heavy atom. The van der Waals surface area contributed by atoms with Crippen molar-refractivity contribution in [1.29, 1.82) is 0 Å². The summed E-state index contributed by atoms with van der Waals surface area (Å²) in [5.74, 6) is -0.625. The highest BCUT2D eigenvalue weighted by Gasteiger charge is 2.49. The maximum absolute atomic E-state index is 11.0. The minimum atomic E-state index is -0.625. The summed E-state index contributed by atoms with van der Waals surface area (Å²) in [5, 5.41) is 28.2. The number of aliphatic hydroxyl groups is 2. The van der Waals surface area contributed by atoms with Crippen molar-refractivity contribution >= 4 is 5.97 Å². The molecular weight excluding hydrogens is 268 g/mol. The molecule has 0 saturated heterocycles. The zero-order valence-corrected chi connectivity index (χ0v) is 13.0. The van der Waals surface area contributed by atoms with Gasteiger partial charge in [0.1, 0.15) is 0 Å². The van der Waals surface area contributed by atoms with E-state index in [1.807, 2.05) is 0 Å². The molecule has 0 spiro atoms. The molecule has 1 unspecified atom stereocenters. The number of rotatable bonds is 12. The van der Waals surface area contributed by atoms with Crippen LogP contribution in [0.2, 0.25) is 0 Å². The fourth-order valence-corrected chi connectivity index (χ4v) is 3.26. The number of aliphatic carboxylic acids is 1. The Morgan fingerprint density at radius 2 is 1.62 bits per heavy atom. The lowest BCUT2D eigenvalue weighted by Crippen LogP contribution is -2.14. The minimum absolute atomic E-state index is 0.204. The summed E-state index contributed by atoms with van der Waals surface area (Å²) in [6.07, 6.45) is 11.2. The van der Waals surface area contributed by atoms with Gasteiger partial charge in [0.15, 0.2) is 0 Å². The predicted octanol–water partition coefficient (Wildman–Crippen LogP) is 3.11. The van der Waals surface area contributed by atoms with Crippen LogP contribution in [0.15, 0.2) is 0 Å². The molecule has 21 heavy (non-hydrogen) atoms. The minimum Gasteiger partial charge on any atom is -0.481 e. The Labute approximate surface area is 127 Å². The van der Waals surface area contributed by atoms with Gasteiger partial charge in [-0.1, -0.05) is 25.7 Å². The van der Waals surface area contributed by atoms with Gasteiger partial charge in [-0.05, 0) is 56.8 Å². The zero-order chi connectivity index (χ0) is 15.3. The van der Waals surface area contributed by atoms with E-state index in [1.165, 1.54) is 0 Å². The lowest BCUT2D eigenvalue weighted by atomic mass is 9.95. The Bertz CT molecular complexity index is 345. The van der Waals surface area contributed by atoms with Crippen LogP contribution in [-0.2, 0) is 4.79 Å². The van der Waals surface area contributed by atoms with Gasteiger partial charge in [0.05, 0.1) is 11.5 Å². The van der Waals surface area contributed by atoms with Crippen molar-refractivity contribution in [2.75, 3.05) is 6.61 Å². The fraction of sp³-hybridized carbons (Fsp3) is 0.941. The van der Waals surface area contributed by atoms with Crippen molar-refractivity contribution in [2.45, 2.75) is 83.2 Å². The lowest BCUT2D eigenvalue weighted by molar-refractivity contribution is -0.143. The molecule has 2 fully saturated rings. The van der Waals surface area contributed by atoms with Crippen molar-refractivity contribution in [2.24, 2.45) is 10.8 Å². The molecule has 3 N–H and O–H groups in total. The van der Waals surface area contributed by atoms with Crippen LogP contribution >= 0.6 is 0 Å². The van der Waals surface area contributed by atoms with E-state index < -0.39 is 5.97 Å². The van der Waals surface area contributed by atoms with E-state index >= 15 is 0 Å². The summed E-state index contributed by atoms with van der Waals surface area (Å²) in [4.78, 5) is 11.0. The molecule has 4 heteroatoms. The van der Waals surface area contributed by atoms with E-state index in [-0.39, 0.29) is 16.9 Å². The number of aliphatic hydroxyl groups excluding tert-OH is 2. The van der Waals surface area contributed by atoms with Crippen LogP contribution in [0.5, 0.6) is 0 Å². The van der Waals surface area contributed by atoms with Gasteiger partial charge in [0.25, 0.3) is 0 Å². The number of carbonyl (C=O) groups is 1. The van der Waals surface area contributed by atoms with Crippen molar-refractivity contribution in [1.82, 2.24) is 0 Å².